The van der Waals surface area contributed by atoms with Crippen molar-refractivity contribution in [3.05, 3.63) is 29.3 Å². The molecule has 1 aromatic carbocycles. The molecular weight excluding hydrogens is 356 g/mol. The molecular formula is C22H30N2O4. The highest BCUT2D eigenvalue weighted by atomic mass is 16.6. The number of benzene rings is 1. The predicted octanol–water partition coefficient (Wildman–Crippen LogP) is 2.45. The average Bonchev–Trinajstić information content (AvgIpc) is 3.19. The maximum atomic E-state index is 13.3. The molecule has 28 heavy (non-hydrogen) atoms. The van der Waals surface area contributed by atoms with Crippen LogP contribution in [0.25, 0.3) is 0 Å². The molecule has 0 aliphatic carbocycles. The molecule has 2 amide bonds. The Kier molecular flexibility index (Phi) is 4.96. The normalized spacial score (nSPS) is 33.1. The lowest BCUT2D eigenvalue weighted by molar-refractivity contribution is -0.180. The van der Waals surface area contributed by atoms with Crippen molar-refractivity contribution in [3.8, 4) is 0 Å². The molecule has 1 spiro atoms. The van der Waals surface area contributed by atoms with Crippen LogP contribution in [-0.4, -0.2) is 60.8 Å². The highest BCUT2D eigenvalue weighted by Crippen LogP contribution is 2.36. The largest absolute Gasteiger partial charge is 0.375 e. The van der Waals surface area contributed by atoms with E-state index in [2.05, 4.69) is 0 Å². The molecule has 4 rings (SSSR count). The van der Waals surface area contributed by atoms with Gasteiger partial charge in [-0.15, -0.1) is 0 Å². The van der Waals surface area contributed by atoms with Crippen LogP contribution in [-0.2, 0) is 19.1 Å². The van der Waals surface area contributed by atoms with Crippen molar-refractivity contribution in [2.45, 2.75) is 58.3 Å². The first-order valence-electron chi connectivity index (χ1n) is 10.3. The van der Waals surface area contributed by atoms with Crippen LogP contribution in [0.15, 0.2) is 18.2 Å². The number of rotatable bonds is 2. The van der Waals surface area contributed by atoms with Crippen molar-refractivity contribution < 1.29 is 19.1 Å². The highest BCUT2D eigenvalue weighted by molar-refractivity contribution is 6.01. The first kappa shape index (κ1) is 19.4. The summed E-state index contributed by atoms with van der Waals surface area (Å²) in [6, 6.07) is 5.98. The molecule has 0 saturated carbocycles. The molecule has 4 atom stereocenters. The van der Waals surface area contributed by atoms with Crippen molar-refractivity contribution >= 4 is 17.5 Å². The third-order valence-corrected chi connectivity index (χ3v) is 6.66. The third kappa shape index (κ3) is 3.22. The Morgan fingerprint density at radius 1 is 1.21 bits per heavy atom. The Bertz CT molecular complexity index is 795. The van der Waals surface area contributed by atoms with Crippen molar-refractivity contribution in [1.82, 2.24) is 4.90 Å². The molecule has 3 aliphatic heterocycles. The number of morpholine rings is 1. The van der Waals surface area contributed by atoms with Gasteiger partial charge in [0.2, 0.25) is 11.8 Å². The van der Waals surface area contributed by atoms with Crippen molar-refractivity contribution in [1.29, 1.82) is 0 Å². The summed E-state index contributed by atoms with van der Waals surface area (Å²) in [5, 5.41) is 0. The fraction of sp³-hybridized carbons (Fsp3) is 0.636. The fourth-order valence-corrected chi connectivity index (χ4v) is 4.86. The van der Waals surface area contributed by atoms with E-state index in [4.69, 9.17) is 9.47 Å². The van der Waals surface area contributed by atoms with Crippen molar-refractivity contribution in [2.24, 2.45) is 5.92 Å². The molecule has 6 heteroatoms. The van der Waals surface area contributed by atoms with Crippen LogP contribution in [0.4, 0.5) is 5.69 Å². The van der Waals surface area contributed by atoms with Gasteiger partial charge in [0.15, 0.2) is 0 Å². The van der Waals surface area contributed by atoms with E-state index in [0.717, 1.165) is 23.2 Å². The second-order valence-corrected chi connectivity index (χ2v) is 8.60. The molecule has 6 nitrogen and oxygen atoms in total. The Morgan fingerprint density at radius 3 is 2.71 bits per heavy atom. The number of anilines is 1. The molecule has 0 radical (unpaired) electrons. The topological polar surface area (TPSA) is 59.1 Å². The van der Waals surface area contributed by atoms with Crippen molar-refractivity contribution in [3.63, 3.8) is 0 Å². The summed E-state index contributed by atoms with van der Waals surface area (Å²) >= 11 is 0. The highest BCUT2D eigenvalue weighted by Gasteiger charge is 2.50. The van der Waals surface area contributed by atoms with E-state index in [9.17, 15) is 9.59 Å². The number of carbonyl (C=O) groups is 2. The molecule has 0 N–H and O–H groups in total. The minimum atomic E-state index is -0.414. The number of carbonyl (C=O) groups excluding carboxylic acids is 2. The van der Waals surface area contributed by atoms with Crippen LogP contribution >= 0.6 is 0 Å². The quantitative estimate of drug-likeness (QED) is 0.783. The first-order chi connectivity index (χ1) is 13.3. The molecule has 0 unspecified atom stereocenters. The van der Waals surface area contributed by atoms with Gasteiger partial charge in [-0.05, 0) is 44.9 Å². The SMILES string of the molecule is Cc1cccc(N2C[C@H](C(=O)N3C[C@H](C)O[C@]4(CCO[C@H]4C)C3)CC2=O)c1C. The molecule has 3 saturated heterocycles. The van der Waals surface area contributed by atoms with Gasteiger partial charge in [-0.3, -0.25) is 9.59 Å². The summed E-state index contributed by atoms with van der Waals surface area (Å²) in [4.78, 5) is 29.7. The average molecular weight is 386 g/mol. The number of hydrogen-bond donors (Lipinski definition) is 0. The van der Waals surface area contributed by atoms with Gasteiger partial charge in [0.1, 0.15) is 5.60 Å². The second kappa shape index (κ2) is 7.16. The molecule has 0 bridgehead atoms. The maximum absolute atomic E-state index is 13.3. The van der Waals surface area contributed by atoms with E-state index in [1.165, 1.54) is 0 Å². The number of nitrogens with zero attached hydrogens (tertiary/aromatic N) is 2. The minimum Gasteiger partial charge on any atom is -0.375 e. The van der Waals surface area contributed by atoms with Gasteiger partial charge in [0.05, 0.1) is 24.7 Å². The lowest BCUT2D eigenvalue weighted by Gasteiger charge is -2.45. The maximum Gasteiger partial charge on any atom is 0.228 e. The van der Waals surface area contributed by atoms with Gasteiger partial charge < -0.3 is 19.3 Å². The van der Waals surface area contributed by atoms with Crippen LogP contribution in [0.3, 0.4) is 0 Å². The van der Waals surface area contributed by atoms with Crippen LogP contribution in [0.5, 0.6) is 0 Å². The van der Waals surface area contributed by atoms with Gasteiger partial charge in [0.25, 0.3) is 0 Å². The smallest absolute Gasteiger partial charge is 0.228 e. The minimum absolute atomic E-state index is 0.0257. The summed E-state index contributed by atoms with van der Waals surface area (Å²) in [5.41, 5.74) is 2.76. The summed E-state index contributed by atoms with van der Waals surface area (Å²) in [7, 11) is 0. The monoisotopic (exact) mass is 386 g/mol. The van der Waals surface area contributed by atoms with Gasteiger partial charge in [0, 0.05) is 38.2 Å². The zero-order valence-electron chi connectivity index (χ0n) is 17.2. The molecule has 1 aromatic rings. The van der Waals surface area contributed by atoms with Gasteiger partial charge >= 0.3 is 0 Å². The van der Waals surface area contributed by atoms with E-state index >= 15 is 0 Å². The van der Waals surface area contributed by atoms with E-state index in [1.54, 1.807) is 4.90 Å². The Hall–Kier alpha value is -1.92. The molecule has 3 aliphatic rings. The van der Waals surface area contributed by atoms with E-state index in [1.807, 2.05) is 50.8 Å². The van der Waals surface area contributed by atoms with Gasteiger partial charge in [-0.25, -0.2) is 0 Å². The standard InChI is InChI=1S/C22H30N2O4/c1-14-6-5-7-19(16(14)3)24-12-18(10-20(24)25)21(26)23-11-15(2)28-22(13-23)8-9-27-17(22)4/h5-7,15,17-18H,8-13H2,1-4H3/t15-,17-,18+,22+/m0/s1. The zero-order valence-corrected chi connectivity index (χ0v) is 17.2. The summed E-state index contributed by atoms with van der Waals surface area (Å²) in [6.07, 6.45) is 1.02. The summed E-state index contributed by atoms with van der Waals surface area (Å²) in [6.45, 7) is 10.3. The lowest BCUT2D eigenvalue weighted by Crippen LogP contribution is -2.60. The molecule has 152 valence electrons. The van der Waals surface area contributed by atoms with E-state index in [-0.39, 0.29) is 36.4 Å². The van der Waals surface area contributed by atoms with E-state index in [0.29, 0.717) is 26.2 Å². The Morgan fingerprint density at radius 2 is 2.00 bits per heavy atom. The zero-order chi connectivity index (χ0) is 20.1. The number of amides is 2. The van der Waals surface area contributed by atoms with Crippen LogP contribution < -0.4 is 4.90 Å². The molecule has 3 heterocycles. The Balaban J connectivity index is 1.51. The first-order valence-corrected chi connectivity index (χ1v) is 10.3. The Labute approximate surface area is 166 Å². The molecule has 3 fully saturated rings. The van der Waals surface area contributed by atoms with E-state index < -0.39 is 5.60 Å². The van der Waals surface area contributed by atoms with Crippen LogP contribution in [0.1, 0.15) is 37.8 Å². The second-order valence-electron chi connectivity index (χ2n) is 8.60. The van der Waals surface area contributed by atoms with Crippen LogP contribution in [0, 0.1) is 19.8 Å². The summed E-state index contributed by atoms with van der Waals surface area (Å²) in [5.74, 6) is -0.206. The number of hydrogen-bond acceptors (Lipinski definition) is 4. The number of aryl methyl sites for hydroxylation is 1. The van der Waals surface area contributed by atoms with Gasteiger partial charge in [-0.1, -0.05) is 12.1 Å². The van der Waals surface area contributed by atoms with Gasteiger partial charge in [-0.2, -0.15) is 0 Å². The van der Waals surface area contributed by atoms with Crippen molar-refractivity contribution in [2.75, 3.05) is 31.1 Å². The predicted molar refractivity (Wildman–Crippen MR) is 106 cm³/mol. The van der Waals surface area contributed by atoms with Crippen LogP contribution in [0.2, 0.25) is 0 Å². The number of ether oxygens (including phenoxy) is 2. The lowest BCUT2D eigenvalue weighted by atomic mass is 9.92. The third-order valence-electron chi connectivity index (χ3n) is 6.66. The summed E-state index contributed by atoms with van der Waals surface area (Å²) < 4.78 is 12.0. The molecule has 0 aromatic heterocycles. The fourth-order valence-electron chi connectivity index (χ4n) is 4.86.